The van der Waals surface area contributed by atoms with Crippen molar-refractivity contribution in [3.63, 3.8) is 0 Å². The minimum atomic E-state index is -0.0918. The van der Waals surface area contributed by atoms with E-state index < -0.39 is 0 Å². The number of carbonyl (C=O) groups is 2. The molecular formula is C23H24N4O3S. The van der Waals surface area contributed by atoms with Crippen LogP contribution in [0.25, 0.3) is 0 Å². The van der Waals surface area contributed by atoms with Gasteiger partial charge in [-0.1, -0.05) is 30.3 Å². The van der Waals surface area contributed by atoms with E-state index in [0.29, 0.717) is 30.9 Å². The summed E-state index contributed by atoms with van der Waals surface area (Å²) < 4.78 is 14.0. The average Bonchev–Trinajstić information content (AvgIpc) is 3.35. The third-order valence-corrected chi connectivity index (χ3v) is 5.75. The molecule has 1 aliphatic rings. The van der Waals surface area contributed by atoms with Gasteiger partial charge in [-0.15, -0.1) is 0 Å². The van der Waals surface area contributed by atoms with Crippen molar-refractivity contribution >= 4 is 23.5 Å². The van der Waals surface area contributed by atoms with Crippen LogP contribution in [0.2, 0.25) is 0 Å². The van der Waals surface area contributed by atoms with Crippen molar-refractivity contribution < 1.29 is 14.3 Å². The topological polar surface area (TPSA) is 84.4 Å². The summed E-state index contributed by atoms with van der Waals surface area (Å²) in [5, 5.41) is 2.95. The molecular weight excluding hydrogens is 412 g/mol. The van der Waals surface area contributed by atoms with Gasteiger partial charge in [-0.05, 0) is 36.2 Å². The molecule has 1 aliphatic heterocycles. The SMILES string of the molecule is O=C(NCCc1ccccc1)c1ccc(OC2CCN(C(=O)c3cnsn3)CC2)cc1. The number of benzene rings is 2. The van der Waals surface area contributed by atoms with Gasteiger partial charge >= 0.3 is 0 Å². The Morgan fingerprint density at radius 3 is 2.48 bits per heavy atom. The summed E-state index contributed by atoms with van der Waals surface area (Å²) in [6, 6.07) is 17.3. The number of rotatable bonds is 7. The number of likely N-dealkylation sites (tertiary alicyclic amines) is 1. The molecule has 2 heterocycles. The Balaban J connectivity index is 1.21. The molecule has 0 unspecified atom stereocenters. The lowest BCUT2D eigenvalue weighted by Crippen LogP contribution is -2.41. The van der Waals surface area contributed by atoms with Crippen LogP contribution in [-0.2, 0) is 6.42 Å². The molecule has 0 spiro atoms. The van der Waals surface area contributed by atoms with Gasteiger partial charge in [0.1, 0.15) is 11.9 Å². The van der Waals surface area contributed by atoms with E-state index in [4.69, 9.17) is 4.74 Å². The van der Waals surface area contributed by atoms with Crippen LogP contribution in [0.5, 0.6) is 5.75 Å². The third kappa shape index (κ3) is 5.67. The van der Waals surface area contributed by atoms with E-state index in [0.717, 1.165) is 36.7 Å². The number of ether oxygens (including phenoxy) is 1. The van der Waals surface area contributed by atoms with Crippen molar-refractivity contribution in [1.29, 1.82) is 0 Å². The van der Waals surface area contributed by atoms with E-state index in [1.807, 2.05) is 30.3 Å². The molecule has 1 aromatic heterocycles. The van der Waals surface area contributed by atoms with Gasteiger partial charge in [-0.2, -0.15) is 8.75 Å². The van der Waals surface area contributed by atoms with Crippen molar-refractivity contribution in [2.24, 2.45) is 0 Å². The molecule has 2 aromatic carbocycles. The van der Waals surface area contributed by atoms with Crippen molar-refractivity contribution in [2.45, 2.75) is 25.4 Å². The molecule has 0 atom stereocenters. The van der Waals surface area contributed by atoms with E-state index in [-0.39, 0.29) is 17.9 Å². The molecule has 31 heavy (non-hydrogen) atoms. The van der Waals surface area contributed by atoms with Gasteiger partial charge in [0.15, 0.2) is 5.69 Å². The Morgan fingerprint density at radius 1 is 1.06 bits per heavy atom. The molecule has 7 nitrogen and oxygen atoms in total. The predicted molar refractivity (Wildman–Crippen MR) is 118 cm³/mol. The van der Waals surface area contributed by atoms with Crippen molar-refractivity contribution in [3.05, 3.63) is 77.6 Å². The summed E-state index contributed by atoms with van der Waals surface area (Å²) in [4.78, 5) is 26.5. The Morgan fingerprint density at radius 2 is 1.81 bits per heavy atom. The number of piperidine rings is 1. The Hall–Kier alpha value is -3.26. The van der Waals surface area contributed by atoms with Crippen molar-refractivity contribution in [3.8, 4) is 5.75 Å². The number of amides is 2. The maximum Gasteiger partial charge on any atom is 0.275 e. The monoisotopic (exact) mass is 436 g/mol. The lowest BCUT2D eigenvalue weighted by atomic mass is 10.1. The van der Waals surface area contributed by atoms with Crippen LogP contribution in [0.3, 0.4) is 0 Å². The normalized spacial score (nSPS) is 14.3. The number of nitrogens with zero attached hydrogens (tertiary/aromatic N) is 3. The lowest BCUT2D eigenvalue weighted by molar-refractivity contribution is 0.0591. The van der Waals surface area contributed by atoms with Gasteiger partial charge in [-0.3, -0.25) is 9.59 Å². The molecule has 0 aliphatic carbocycles. The van der Waals surface area contributed by atoms with Gasteiger partial charge in [0.25, 0.3) is 11.8 Å². The van der Waals surface area contributed by atoms with Crippen LogP contribution in [0.15, 0.2) is 60.8 Å². The number of hydrogen-bond donors (Lipinski definition) is 1. The summed E-state index contributed by atoms with van der Waals surface area (Å²) >= 11 is 1.04. The first kappa shape index (κ1) is 21.0. The number of nitrogens with one attached hydrogen (secondary N) is 1. The molecule has 4 rings (SSSR count). The second-order valence-electron chi connectivity index (χ2n) is 7.42. The molecule has 1 N–H and O–H groups in total. The van der Waals surface area contributed by atoms with Gasteiger partial charge in [0, 0.05) is 38.0 Å². The highest BCUT2D eigenvalue weighted by Gasteiger charge is 2.26. The van der Waals surface area contributed by atoms with Crippen LogP contribution in [0.4, 0.5) is 0 Å². The van der Waals surface area contributed by atoms with Gasteiger partial charge in [0.05, 0.1) is 17.9 Å². The summed E-state index contributed by atoms with van der Waals surface area (Å²) in [6.45, 7) is 1.85. The lowest BCUT2D eigenvalue weighted by Gasteiger charge is -2.31. The fourth-order valence-electron chi connectivity index (χ4n) is 3.54. The third-order valence-electron chi connectivity index (χ3n) is 5.27. The first-order chi connectivity index (χ1) is 15.2. The molecule has 2 amide bonds. The van der Waals surface area contributed by atoms with Crippen LogP contribution in [0, 0.1) is 0 Å². The van der Waals surface area contributed by atoms with E-state index in [1.54, 1.807) is 17.0 Å². The molecule has 3 aromatic rings. The minimum absolute atomic E-state index is 0.0446. The van der Waals surface area contributed by atoms with Gasteiger partial charge < -0.3 is 15.0 Å². The minimum Gasteiger partial charge on any atom is -0.490 e. The van der Waals surface area contributed by atoms with Crippen LogP contribution in [-0.4, -0.2) is 51.2 Å². The van der Waals surface area contributed by atoms with Crippen molar-refractivity contribution in [1.82, 2.24) is 19.0 Å². The Labute approximate surface area is 185 Å². The average molecular weight is 437 g/mol. The zero-order valence-corrected chi connectivity index (χ0v) is 17.9. The van der Waals surface area contributed by atoms with Crippen LogP contribution >= 0.6 is 11.7 Å². The number of hydrogen-bond acceptors (Lipinski definition) is 6. The molecule has 1 fully saturated rings. The first-order valence-electron chi connectivity index (χ1n) is 10.3. The fraction of sp³-hybridized carbons (Fsp3) is 0.304. The number of carbonyl (C=O) groups excluding carboxylic acids is 2. The maximum atomic E-state index is 12.3. The number of aromatic nitrogens is 2. The second-order valence-corrected chi connectivity index (χ2v) is 7.97. The van der Waals surface area contributed by atoms with E-state index in [9.17, 15) is 9.59 Å². The largest absolute Gasteiger partial charge is 0.490 e. The van der Waals surface area contributed by atoms with Crippen LogP contribution < -0.4 is 10.1 Å². The molecule has 1 saturated heterocycles. The fourth-order valence-corrected chi connectivity index (χ4v) is 3.95. The molecule has 0 saturated carbocycles. The second kappa shape index (κ2) is 10.2. The van der Waals surface area contributed by atoms with Crippen molar-refractivity contribution in [2.75, 3.05) is 19.6 Å². The molecule has 0 bridgehead atoms. The summed E-state index contributed by atoms with van der Waals surface area (Å²) in [5.74, 6) is 0.565. The highest BCUT2D eigenvalue weighted by atomic mass is 32.1. The smallest absolute Gasteiger partial charge is 0.275 e. The zero-order chi connectivity index (χ0) is 21.5. The summed E-state index contributed by atoms with van der Waals surface area (Å²) in [5.41, 5.74) is 2.21. The van der Waals surface area contributed by atoms with E-state index >= 15 is 0 Å². The zero-order valence-electron chi connectivity index (χ0n) is 17.1. The maximum absolute atomic E-state index is 12.3. The highest BCUT2D eigenvalue weighted by Crippen LogP contribution is 2.20. The molecule has 160 valence electrons. The first-order valence-corrected chi connectivity index (χ1v) is 11.1. The molecule has 0 radical (unpaired) electrons. The quantitative estimate of drug-likeness (QED) is 0.615. The van der Waals surface area contributed by atoms with E-state index in [2.05, 4.69) is 26.2 Å². The summed E-state index contributed by atoms with van der Waals surface area (Å²) in [7, 11) is 0. The Kier molecular flexibility index (Phi) is 6.89. The predicted octanol–water partition coefficient (Wildman–Crippen LogP) is 3.19. The Bertz CT molecular complexity index is 985. The van der Waals surface area contributed by atoms with Gasteiger partial charge in [0.2, 0.25) is 0 Å². The molecule has 8 heteroatoms. The van der Waals surface area contributed by atoms with E-state index in [1.165, 1.54) is 11.8 Å². The highest BCUT2D eigenvalue weighted by molar-refractivity contribution is 6.99. The van der Waals surface area contributed by atoms with Gasteiger partial charge in [-0.25, -0.2) is 0 Å². The standard InChI is InChI=1S/C23H24N4O3S/c28-22(24-13-10-17-4-2-1-3-5-17)18-6-8-19(9-7-18)30-20-11-14-27(15-12-20)23(29)21-16-25-31-26-21/h1-9,16,20H,10-15H2,(H,24,28). The van der Waals surface area contributed by atoms with Crippen LogP contribution in [0.1, 0.15) is 39.3 Å². The summed E-state index contributed by atoms with van der Waals surface area (Å²) in [6.07, 6.45) is 3.86.